The number of nitrogens with zero attached hydrogens (tertiary/aromatic N) is 1. The van der Waals surface area contributed by atoms with Gasteiger partial charge in [0.25, 0.3) is 0 Å². The average molecular weight is 333 g/mol. The number of fused-ring (bicyclic) bond motifs is 3. The second-order valence-corrected chi connectivity index (χ2v) is 7.73. The van der Waals surface area contributed by atoms with E-state index in [-0.39, 0.29) is 0 Å². The number of piperidine rings is 1. The van der Waals surface area contributed by atoms with Crippen LogP contribution in [0.3, 0.4) is 0 Å². The van der Waals surface area contributed by atoms with Gasteiger partial charge in [0.15, 0.2) is 11.5 Å². The summed E-state index contributed by atoms with van der Waals surface area (Å²) in [5.41, 5.74) is 2.73. The highest BCUT2D eigenvalue weighted by Gasteiger charge is 2.39. The molecular weight excluding hydrogens is 302 g/mol. The third-order valence-corrected chi connectivity index (χ3v) is 5.78. The molecule has 4 heteroatoms. The van der Waals surface area contributed by atoms with Crippen LogP contribution in [0.25, 0.3) is 0 Å². The second-order valence-electron chi connectivity index (χ2n) is 7.73. The van der Waals surface area contributed by atoms with Gasteiger partial charge in [-0.3, -0.25) is 4.90 Å². The Morgan fingerprint density at radius 3 is 2.50 bits per heavy atom. The third-order valence-electron chi connectivity index (χ3n) is 5.78. The Kier molecular flexibility index (Phi) is 5.36. The summed E-state index contributed by atoms with van der Waals surface area (Å²) >= 11 is 0. The number of hydrogen-bond acceptors (Lipinski definition) is 4. The summed E-state index contributed by atoms with van der Waals surface area (Å²) in [5.74, 6) is 3.31. The number of methoxy groups -OCH3 is 2. The Hall–Kier alpha value is -1.26. The minimum atomic E-state index is 0.296. The number of benzene rings is 1. The van der Waals surface area contributed by atoms with Crippen LogP contribution in [0.4, 0.5) is 0 Å². The molecule has 24 heavy (non-hydrogen) atoms. The van der Waals surface area contributed by atoms with Crippen molar-refractivity contribution in [3.05, 3.63) is 23.3 Å². The molecule has 2 aliphatic rings. The molecular formula is C20H31NO3. The number of aliphatic hydroxyl groups excluding tert-OH is 1. The van der Waals surface area contributed by atoms with Crippen molar-refractivity contribution in [2.45, 2.75) is 39.2 Å². The molecule has 1 fully saturated rings. The minimum Gasteiger partial charge on any atom is -0.493 e. The van der Waals surface area contributed by atoms with Crippen molar-refractivity contribution in [3.8, 4) is 11.5 Å². The lowest BCUT2D eigenvalue weighted by molar-refractivity contribution is 0.0187. The summed E-state index contributed by atoms with van der Waals surface area (Å²) in [6.45, 7) is 7.05. The molecule has 0 aromatic heterocycles. The first-order chi connectivity index (χ1) is 11.6. The van der Waals surface area contributed by atoms with Crippen molar-refractivity contribution >= 4 is 0 Å². The first-order valence-electron chi connectivity index (χ1n) is 9.17. The van der Waals surface area contributed by atoms with Crippen LogP contribution in [-0.4, -0.2) is 43.9 Å². The van der Waals surface area contributed by atoms with Crippen molar-refractivity contribution < 1.29 is 14.6 Å². The van der Waals surface area contributed by atoms with Gasteiger partial charge in [-0.15, -0.1) is 0 Å². The largest absolute Gasteiger partial charge is 0.493 e. The smallest absolute Gasteiger partial charge is 0.161 e. The fraction of sp³-hybridized carbons (Fsp3) is 0.700. The quantitative estimate of drug-likeness (QED) is 0.898. The molecule has 0 unspecified atom stereocenters. The highest BCUT2D eigenvalue weighted by atomic mass is 16.5. The lowest BCUT2D eigenvalue weighted by Gasteiger charge is -2.47. The monoisotopic (exact) mass is 333 g/mol. The molecule has 2 heterocycles. The topological polar surface area (TPSA) is 41.9 Å². The molecule has 0 saturated carbocycles. The van der Waals surface area contributed by atoms with Gasteiger partial charge < -0.3 is 14.6 Å². The van der Waals surface area contributed by atoms with E-state index in [0.29, 0.717) is 30.4 Å². The predicted octanol–water partition coefficient (Wildman–Crippen LogP) is 3.28. The van der Waals surface area contributed by atoms with E-state index in [1.807, 2.05) is 0 Å². The molecule has 0 amide bonds. The number of rotatable bonds is 5. The van der Waals surface area contributed by atoms with E-state index in [4.69, 9.17) is 9.47 Å². The maximum absolute atomic E-state index is 9.93. The van der Waals surface area contributed by atoms with Crippen molar-refractivity contribution in [2.75, 3.05) is 33.9 Å². The van der Waals surface area contributed by atoms with Gasteiger partial charge in [0.2, 0.25) is 0 Å². The molecule has 3 rings (SSSR count). The summed E-state index contributed by atoms with van der Waals surface area (Å²) in [5, 5.41) is 9.93. The summed E-state index contributed by atoms with van der Waals surface area (Å²) in [6, 6.07) is 4.69. The van der Waals surface area contributed by atoms with Gasteiger partial charge in [0.05, 0.1) is 14.2 Å². The van der Waals surface area contributed by atoms with Crippen LogP contribution in [0.2, 0.25) is 0 Å². The Labute approximate surface area is 145 Å². The molecule has 2 aliphatic heterocycles. The molecule has 3 atom stereocenters. The van der Waals surface area contributed by atoms with Gasteiger partial charge in [-0.25, -0.2) is 0 Å². The highest BCUT2D eigenvalue weighted by molar-refractivity contribution is 5.49. The highest BCUT2D eigenvalue weighted by Crippen LogP contribution is 2.45. The zero-order chi connectivity index (χ0) is 17.3. The lowest BCUT2D eigenvalue weighted by atomic mass is 9.74. The van der Waals surface area contributed by atoms with E-state index in [9.17, 15) is 5.11 Å². The van der Waals surface area contributed by atoms with Gasteiger partial charge in [-0.2, -0.15) is 0 Å². The van der Waals surface area contributed by atoms with E-state index in [1.165, 1.54) is 17.5 Å². The van der Waals surface area contributed by atoms with Gasteiger partial charge in [-0.1, -0.05) is 13.8 Å². The number of aliphatic hydroxyl groups is 1. The van der Waals surface area contributed by atoms with E-state index < -0.39 is 0 Å². The van der Waals surface area contributed by atoms with Crippen LogP contribution >= 0.6 is 0 Å². The summed E-state index contributed by atoms with van der Waals surface area (Å²) in [6.07, 6.45) is 3.30. The molecule has 1 aromatic rings. The molecule has 1 N–H and O–H groups in total. The molecule has 0 bridgehead atoms. The molecule has 134 valence electrons. The molecule has 0 aliphatic carbocycles. The predicted molar refractivity (Wildman–Crippen MR) is 95.7 cm³/mol. The molecule has 0 spiro atoms. The van der Waals surface area contributed by atoms with Gasteiger partial charge >= 0.3 is 0 Å². The average Bonchev–Trinajstić information content (AvgIpc) is 2.59. The van der Waals surface area contributed by atoms with Gasteiger partial charge in [0, 0.05) is 25.7 Å². The van der Waals surface area contributed by atoms with Crippen LogP contribution in [0.5, 0.6) is 11.5 Å². The fourth-order valence-electron chi connectivity index (χ4n) is 4.60. The number of hydrogen-bond donors (Lipinski definition) is 1. The van der Waals surface area contributed by atoms with Gasteiger partial charge in [0.1, 0.15) is 0 Å². The van der Waals surface area contributed by atoms with Crippen LogP contribution < -0.4 is 9.47 Å². The molecule has 0 radical (unpaired) electrons. The van der Waals surface area contributed by atoms with E-state index in [0.717, 1.165) is 37.4 Å². The van der Waals surface area contributed by atoms with Crippen molar-refractivity contribution in [1.29, 1.82) is 0 Å². The van der Waals surface area contributed by atoms with Crippen LogP contribution in [-0.2, 0) is 6.42 Å². The van der Waals surface area contributed by atoms with Crippen molar-refractivity contribution in [2.24, 2.45) is 17.8 Å². The first-order valence-corrected chi connectivity index (χ1v) is 9.17. The maximum atomic E-state index is 9.93. The van der Waals surface area contributed by atoms with E-state index in [2.05, 4.69) is 30.9 Å². The fourth-order valence-corrected chi connectivity index (χ4v) is 4.60. The molecule has 4 nitrogen and oxygen atoms in total. The third kappa shape index (κ3) is 3.27. The zero-order valence-electron chi connectivity index (χ0n) is 15.4. The zero-order valence-corrected chi connectivity index (χ0v) is 15.4. The lowest BCUT2D eigenvalue weighted by Crippen LogP contribution is -2.47. The van der Waals surface area contributed by atoms with Crippen LogP contribution in [0, 0.1) is 17.8 Å². The van der Waals surface area contributed by atoms with E-state index in [1.54, 1.807) is 14.2 Å². The summed E-state index contributed by atoms with van der Waals surface area (Å²) < 4.78 is 11.0. The summed E-state index contributed by atoms with van der Waals surface area (Å²) in [7, 11) is 3.39. The van der Waals surface area contributed by atoms with Crippen LogP contribution in [0.1, 0.15) is 43.9 Å². The Morgan fingerprint density at radius 1 is 1.17 bits per heavy atom. The SMILES string of the molecule is COc1cc2c(cc1OC)[C@H]1C[C@@H](CO)[C@H](CC(C)C)CN1CC2. The normalized spacial score (nSPS) is 26.8. The number of ether oxygens (including phenoxy) is 2. The van der Waals surface area contributed by atoms with E-state index >= 15 is 0 Å². The van der Waals surface area contributed by atoms with Crippen molar-refractivity contribution in [1.82, 2.24) is 4.90 Å². The Bertz CT molecular complexity index is 572. The summed E-state index contributed by atoms with van der Waals surface area (Å²) in [4.78, 5) is 2.62. The van der Waals surface area contributed by atoms with Crippen molar-refractivity contribution in [3.63, 3.8) is 0 Å². The molecule has 1 aromatic carbocycles. The Morgan fingerprint density at radius 2 is 1.88 bits per heavy atom. The standard InChI is InChI=1S/C20H31NO3/c1-13(2)7-15-11-21-6-5-14-9-19(23-3)20(24-4)10-17(14)18(21)8-16(15)12-22/h9-10,13,15-16,18,22H,5-8,11-12H2,1-4H3/t15-,16+,18-/m1/s1. The Balaban J connectivity index is 1.89. The minimum absolute atomic E-state index is 0.296. The van der Waals surface area contributed by atoms with Crippen LogP contribution in [0.15, 0.2) is 12.1 Å². The first kappa shape index (κ1) is 17.6. The van der Waals surface area contributed by atoms with Gasteiger partial charge in [-0.05, 0) is 60.3 Å². The second kappa shape index (κ2) is 7.32. The maximum Gasteiger partial charge on any atom is 0.161 e. The molecule has 1 saturated heterocycles.